The van der Waals surface area contributed by atoms with Crippen LogP contribution in [0.5, 0.6) is 0 Å². The summed E-state index contributed by atoms with van der Waals surface area (Å²) in [4.78, 5) is 16.3. The van der Waals surface area contributed by atoms with Gasteiger partial charge in [-0.15, -0.1) is 0 Å². The van der Waals surface area contributed by atoms with Crippen LogP contribution in [0.2, 0.25) is 0 Å². The topological polar surface area (TPSA) is 38.8 Å². The third-order valence-electron chi connectivity index (χ3n) is 3.65. The van der Waals surface area contributed by atoms with Crippen molar-refractivity contribution >= 4 is 6.03 Å². The molecule has 2 aliphatic heterocycles. The summed E-state index contributed by atoms with van der Waals surface area (Å²) in [7, 11) is 2.12. The molecular weight excluding hydrogens is 216 g/mol. The molecule has 0 spiro atoms. The molecule has 0 saturated carbocycles. The number of hydrazine groups is 1. The van der Waals surface area contributed by atoms with Gasteiger partial charge in [0.2, 0.25) is 0 Å². The van der Waals surface area contributed by atoms with Gasteiger partial charge in [0.25, 0.3) is 0 Å². The van der Waals surface area contributed by atoms with Crippen molar-refractivity contribution in [2.45, 2.75) is 25.7 Å². The van der Waals surface area contributed by atoms with Gasteiger partial charge in [-0.25, -0.2) is 9.80 Å². The largest absolute Gasteiger partial charge is 0.331 e. The van der Waals surface area contributed by atoms with E-state index < -0.39 is 0 Å². The van der Waals surface area contributed by atoms with Crippen molar-refractivity contribution in [2.75, 3.05) is 46.3 Å². The number of likely N-dealkylation sites (N-methyl/N-ethyl adjacent to an activating group) is 1. The van der Waals surface area contributed by atoms with Gasteiger partial charge in [-0.05, 0) is 19.9 Å². The van der Waals surface area contributed by atoms with Crippen molar-refractivity contribution in [3.8, 4) is 0 Å². The van der Waals surface area contributed by atoms with Gasteiger partial charge in [-0.2, -0.15) is 0 Å². The average molecular weight is 240 g/mol. The fraction of sp³-hybridized carbons (Fsp3) is 0.917. The zero-order chi connectivity index (χ0) is 12.1. The number of carbonyl (C=O) groups is 1. The monoisotopic (exact) mass is 240 g/mol. The molecule has 0 atom stereocenters. The molecule has 0 radical (unpaired) electrons. The zero-order valence-corrected chi connectivity index (χ0v) is 10.8. The zero-order valence-electron chi connectivity index (χ0n) is 10.8. The summed E-state index contributed by atoms with van der Waals surface area (Å²) in [5.74, 6) is 0. The van der Waals surface area contributed by atoms with E-state index in [0.29, 0.717) is 0 Å². The van der Waals surface area contributed by atoms with Gasteiger partial charge in [-0.1, -0.05) is 12.8 Å². The minimum atomic E-state index is 0.0939. The Morgan fingerprint density at radius 3 is 2.06 bits per heavy atom. The fourth-order valence-corrected chi connectivity index (χ4v) is 2.40. The van der Waals surface area contributed by atoms with Crippen LogP contribution in [-0.2, 0) is 0 Å². The summed E-state index contributed by atoms with van der Waals surface area (Å²) in [5.41, 5.74) is 3.03. The lowest BCUT2D eigenvalue weighted by atomic mass is 10.2. The Balaban J connectivity index is 1.75. The smallest absolute Gasteiger partial charge is 0.324 e. The van der Waals surface area contributed by atoms with Crippen LogP contribution in [0.3, 0.4) is 0 Å². The molecule has 2 saturated heterocycles. The molecule has 5 nitrogen and oxygen atoms in total. The maximum Gasteiger partial charge on any atom is 0.331 e. The van der Waals surface area contributed by atoms with Crippen LogP contribution in [0.25, 0.3) is 0 Å². The highest BCUT2D eigenvalue weighted by molar-refractivity contribution is 5.73. The maximum atomic E-state index is 12.1. The van der Waals surface area contributed by atoms with E-state index in [2.05, 4.69) is 17.4 Å². The quantitative estimate of drug-likeness (QED) is 0.734. The Morgan fingerprint density at radius 1 is 0.882 bits per heavy atom. The maximum absolute atomic E-state index is 12.1. The summed E-state index contributed by atoms with van der Waals surface area (Å²) in [6.45, 7) is 5.74. The first kappa shape index (κ1) is 12.6. The summed E-state index contributed by atoms with van der Waals surface area (Å²) < 4.78 is 0. The van der Waals surface area contributed by atoms with Crippen molar-refractivity contribution in [1.82, 2.24) is 20.2 Å². The number of nitrogens with one attached hydrogen (secondary N) is 1. The van der Waals surface area contributed by atoms with Crippen molar-refractivity contribution in [3.05, 3.63) is 0 Å². The summed E-state index contributed by atoms with van der Waals surface area (Å²) in [6.07, 6.45) is 4.82. The van der Waals surface area contributed by atoms with Gasteiger partial charge >= 0.3 is 6.03 Å². The minimum absolute atomic E-state index is 0.0939. The Kier molecular flexibility index (Phi) is 4.62. The van der Waals surface area contributed by atoms with Gasteiger partial charge in [0.15, 0.2) is 0 Å². The molecule has 0 unspecified atom stereocenters. The van der Waals surface area contributed by atoms with Crippen molar-refractivity contribution in [3.63, 3.8) is 0 Å². The van der Waals surface area contributed by atoms with Crippen LogP contribution >= 0.6 is 0 Å². The van der Waals surface area contributed by atoms with Crippen molar-refractivity contribution in [2.24, 2.45) is 0 Å². The van der Waals surface area contributed by atoms with Crippen LogP contribution < -0.4 is 5.43 Å². The molecule has 2 rings (SSSR count). The predicted octanol–water partition coefficient (Wildman–Crippen LogP) is 0.734. The number of amides is 2. The molecule has 0 aliphatic carbocycles. The second-order valence-electron chi connectivity index (χ2n) is 5.11. The first-order chi connectivity index (χ1) is 8.25. The standard InChI is InChI=1S/C12H24N4O/c1-14-8-10-16(11-9-14)13-12(17)15-6-4-2-3-5-7-15/h2-11H2,1H3,(H,13,17). The Labute approximate surface area is 104 Å². The van der Waals surface area contributed by atoms with Crippen LogP contribution in [0.15, 0.2) is 0 Å². The molecule has 0 aromatic heterocycles. The van der Waals surface area contributed by atoms with E-state index in [1.165, 1.54) is 12.8 Å². The number of urea groups is 1. The molecule has 2 amide bonds. The highest BCUT2D eigenvalue weighted by Gasteiger charge is 2.20. The van der Waals surface area contributed by atoms with Crippen LogP contribution in [-0.4, -0.2) is 67.2 Å². The second-order valence-corrected chi connectivity index (χ2v) is 5.11. The third-order valence-corrected chi connectivity index (χ3v) is 3.65. The van der Waals surface area contributed by atoms with Gasteiger partial charge in [-0.3, -0.25) is 5.43 Å². The van der Waals surface area contributed by atoms with Gasteiger partial charge in [0, 0.05) is 39.3 Å². The Hall–Kier alpha value is -0.810. The molecule has 1 N–H and O–H groups in total. The second kappa shape index (κ2) is 6.21. The van der Waals surface area contributed by atoms with E-state index in [-0.39, 0.29) is 6.03 Å². The summed E-state index contributed by atoms with van der Waals surface area (Å²) >= 11 is 0. The van der Waals surface area contributed by atoms with E-state index in [4.69, 9.17) is 0 Å². The molecule has 98 valence electrons. The molecule has 17 heavy (non-hydrogen) atoms. The lowest BCUT2D eigenvalue weighted by molar-refractivity contribution is 0.0994. The number of hydrogen-bond donors (Lipinski definition) is 1. The average Bonchev–Trinajstić information content (AvgIpc) is 2.61. The fourth-order valence-electron chi connectivity index (χ4n) is 2.40. The van der Waals surface area contributed by atoms with E-state index in [9.17, 15) is 4.79 Å². The van der Waals surface area contributed by atoms with Gasteiger partial charge in [0.05, 0.1) is 0 Å². The molecule has 0 aromatic rings. The van der Waals surface area contributed by atoms with Crippen LogP contribution in [0.1, 0.15) is 25.7 Å². The SMILES string of the molecule is CN1CCN(NC(=O)N2CCCCCC2)CC1. The highest BCUT2D eigenvalue weighted by Crippen LogP contribution is 2.09. The normalized spacial score (nSPS) is 24.4. The Morgan fingerprint density at radius 2 is 1.47 bits per heavy atom. The lowest BCUT2D eigenvalue weighted by Crippen LogP contribution is -2.55. The van der Waals surface area contributed by atoms with Gasteiger partial charge < -0.3 is 9.80 Å². The molecule has 2 heterocycles. The van der Waals surface area contributed by atoms with Gasteiger partial charge in [0.1, 0.15) is 0 Å². The molecule has 2 fully saturated rings. The number of carbonyl (C=O) groups excluding carboxylic acids is 1. The van der Waals surface area contributed by atoms with Crippen molar-refractivity contribution in [1.29, 1.82) is 0 Å². The first-order valence-corrected chi connectivity index (χ1v) is 6.75. The van der Waals surface area contributed by atoms with E-state index >= 15 is 0 Å². The molecule has 5 heteroatoms. The number of rotatable bonds is 1. The van der Waals surface area contributed by atoms with E-state index in [0.717, 1.165) is 52.1 Å². The predicted molar refractivity (Wildman–Crippen MR) is 67.6 cm³/mol. The third kappa shape index (κ3) is 3.85. The van der Waals surface area contributed by atoms with Crippen molar-refractivity contribution < 1.29 is 4.79 Å². The van der Waals surface area contributed by atoms with Crippen LogP contribution in [0, 0.1) is 0 Å². The molecule has 0 aromatic carbocycles. The number of piperazine rings is 1. The number of nitrogens with zero attached hydrogens (tertiary/aromatic N) is 3. The Bertz CT molecular complexity index is 243. The lowest BCUT2D eigenvalue weighted by Gasteiger charge is -2.34. The number of likely N-dealkylation sites (tertiary alicyclic amines) is 1. The van der Waals surface area contributed by atoms with E-state index in [1.54, 1.807) is 0 Å². The minimum Gasteiger partial charge on any atom is -0.324 e. The molecular formula is C12H24N4O. The highest BCUT2D eigenvalue weighted by atomic mass is 16.2. The summed E-state index contributed by atoms with van der Waals surface area (Å²) in [5, 5.41) is 2.05. The van der Waals surface area contributed by atoms with E-state index in [1.807, 2.05) is 9.91 Å². The summed E-state index contributed by atoms with van der Waals surface area (Å²) in [6, 6.07) is 0.0939. The first-order valence-electron chi connectivity index (χ1n) is 6.75. The van der Waals surface area contributed by atoms with Crippen LogP contribution in [0.4, 0.5) is 4.79 Å². The molecule has 0 bridgehead atoms. The molecule has 2 aliphatic rings. The number of hydrogen-bond acceptors (Lipinski definition) is 3.